The van der Waals surface area contributed by atoms with Crippen LogP contribution in [0.15, 0.2) is 42.5 Å². The molecule has 4 rings (SSSR count). The Morgan fingerprint density at radius 1 is 1.15 bits per heavy atom. The maximum Gasteiger partial charge on any atom is 0.319 e. The number of hydrogen-bond donors (Lipinski definition) is 3. The fraction of sp³-hybridized carbons (Fsp3) is 0.533. The van der Waals surface area contributed by atoms with E-state index in [1.807, 2.05) is 44.2 Å². The Bertz CT molecular complexity index is 1230. The van der Waals surface area contributed by atoms with Gasteiger partial charge in [0.25, 0.3) is 0 Å². The molecule has 0 saturated heterocycles. The lowest BCUT2D eigenvalue weighted by Gasteiger charge is -2.37. The molecule has 3 N–H and O–H groups in total. The number of benzene rings is 2. The Morgan fingerprint density at radius 2 is 1.90 bits per heavy atom. The molecule has 1 aliphatic carbocycles. The van der Waals surface area contributed by atoms with E-state index < -0.39 is 12.1 Å². The molecule has 2 amide bonds. The van der Waals surface area contributed by atoms with E-state index in [0.29, 0.717) is 24.1 Å². The van der Waals surface area contributed by atoms with Crippen LogP contribution in [0.4, 0.5) is 14.9 Å². The quantitative estimate of drug-likeness (QED) is 0.301. The van der Waals surface area contributed by atoms with Crippen LogP contribution >= 0.6 is 0 Å². The normalized spacial score (nSPS) is 15.7. The molecule has 216 valence electrons. The van der Waals surface area contributed by atoms with Crippen molar-refractivity contribution >= 4 is 11.7 Å². The van der Waals surface area contributed by atoms with Crippen molar-refractivity contribution in [1.82, 2.24) is 30.4 Å². The summed E-state index contributed by atoms with van der Waals surface area (Å²) >= 11 is 0. The molecule has 0 unspecified atom stereocenters. The summed E-state index contributed by atoms with van der Waals surface area (Å²) in [4.78, 5) is 15.3. The number of tetrazole rings is 1. The van der Waals surface area contributed by atoms with E-state index in [1.165, 1.54) is 31.4 Å². The number of amides is 2. The molecule has 1 aromatic heterocycles. The molecule has 1 saturated carbocycles. The zero-order chi connectivity index (χ0) is 28.5. The van der Waals surface area contributed by atoms with Crippen LogP contribution in [0.2, 0.25) is 0 Å². The van der Waals surface area contributed by atoms with Crippen LogP contribution in [-0.2, 0) is 19.9 Å². The van der Waals surface area contributed by atoms with Crippen molar-refractivity contribution in [2.24, 2.45) is 7.05 Å². The summed E-state index contributed by atoms with van der Waals surface area (Å²) in [6.45, 7) is 5.22. The van der Waals surface area contributed by atoms with Gasteiger partial charge in [0.2, 0.25) is 0 Å². The smallest absolute Gasteiger partial charge is 0.319 e. The molecule has 0 spiro atoms. The number of rotatable bonds is 12. The Morgan fingerprint density at radius 3 is 2.58 bits per heavy atom. The zero-order valence-corrected chi connectivity index (χ0v) is 23.8. The van der Waals surface area contributed by atoms with Gasteiger partial charge in [-0.1, -0.05) is 38.3 Å². The number of nitrogens with one attached hydrogen (secondary N) is 2. The van der Waals surface area contributed by atoms with E-state index in [0.717, 1.165) is 55.3 Å². The van der Waals surface area contributed by atoms with Crippen LogP contribution in [0, 0.1) is 5.82 Å². The highest BCUT2D eigenvalue weighted by atomic mass is 19.1. The second kappa shape index (κ2) is 14.3. The molecule has 1 heterocycles. The monoisotopic (exact) mass is 551 g/mol. The molecule has 9 nitrogen and oxygen atoms in total. The standard InChI is InChI=1S/C30H42FN7O2/c1-4-22-17-24(29-34-35-36-37(29)3)19-26(18-22)33-30(40)32-21(2)28(39)20-38(27-10-6-5-7-11-27)16-8-9-23-12-14-25(31)15-13-23/h12-15,17-19,21,27-28,39H,4-11,16,20H2,1-3H3,(H2,32,33,40)/t21-,28-/m1/s1. The predicted molar refractivity (Wildman–Crippen MR) is 154 cm³/mol. The molecule has 1 fully saturated rings. The Labute approximate surface area is 236 Å². The third-order valence-electron chi connectivity index (χ3n) is 7.81. The number of carbonyl (C=O) groups is 1. The lowest BCUT2D eigenvalue weighted by atomic mass is 9.93. The number of aryl methyl sites for hydroxylation is 3. The molecule has 1 aliphatic rings. The second-order valence-corrected chi connectivity index (χ2v) is 10.9. The number of nitrogens with zero attached hydrogens (tertiary/aromatic N) is 5. The van der Waals surface area contributed by atoms with Crippen molar-refractivity contribution in [1.29, 1.82) is 0 Å². The molecule has 0 radical (unpaired) electrons. The van der Waals surface area contributed by atoms with Crippen molar-refractivity contribution in [3.8, 4) is 11.4 Å². The first-order valence-corrected chi connectivity index (χ1v) is 14.4. The van der Waals surface area contributed by atoms with Crippen molar-refractivity contribution in [2.45, 2.75) is 83.4 Å². The summed E-state index contributed by atoms with van der Waals surface area (Å²) in [5.74, 6) is 0.396. The summed E-state index contributed by atoms with van der Waals surface area (Å²) in [6.07, 6.45) is 7.78. The molecule has 0 aliphatic heterocycles. The number of urea groups is 1. The van der Waals surface area contributed by atoms with Crippen LogP contribution in [0.3, 0.4) is 0 Å². The second-order valence-electron chi connectivity index (χ2n) is 10.9. The molecule has 0 bridgehead atoms. The maximum atomic E-state index is 13.3. The van der Waals surface area contributed by atoms with Crippen LogP contribution in [0.25, 0.3) is 11.4 Å². The number of carbonyl (C=O) groups excluding carboxylic acids is 1. The third-order valence-corrected chi connectivity index (χ3v) is 7.81. The van der Waals surface area contributed by atoms with E-state index in [1.54, 1.807) is 11.7 Å². The van der Waals surface area contributed by atoms with Crippen molar-refractivity contribution < 1.29 is 14.3 Å². The zero-order valence-electron chi connectivity index (χ0n) is 23.8. The van der Waals surface area contributed by atoms with Crippen LogP contribution < -0.4 is 10.6 Å². The number of aliphatic hydroxyl groups excluding tert-OH is 1. The van der Waals surface area contributed by atoms with Crippen molar-refractivity contribution in [3.63, 3.8) is 0 Å². The fourth-order valence-electron chi connectivity index (χ4n) is 5.45. The summed E-state index contributed by atoms with van der Waals surface area (Å²) in [7, 11) is 1.77. The average Bonchev–Trinajstić information content (AvgIpc) is 3.39. The van der Waals surface area contributed by atoms with Gasteiger partial charge in [0, 0.05) is 30.9 Å². The lowest BCUT2D eigenvalue weighted by Crippen LogP contribution is -2.50. The van der Waals surface area contributed by atoms with Gasteiger partial charge in [0.1, 0.15) is 5.82 Å². The Balaban J connectivity index is 1.34. The number of aromatic nitrogens is 4. The minimum Gasteiger partial charge on any atom is -0.390 e. The SMILES string of the molecule is CCc1cc(NC(=O)N[C@H](C)[C@H](O)CN(CCCc2ccc(F)cc2)C2CCCCC2)cc(-c2nnnn2C)c1. The van der Waals surface area contributed by atoms with Crippen LogP contribution in [0.5, 0.6) is 0 Å². The molecule has 2 aromatic carbocycles. The molecule has 2 atom stereocenters. The van der Waals surface area contributed by atoms with Gasteiger partial charge in [-0.05, 0) is 97.5 Å². The van der Waals surface area contributed by atoms with E-state index in [4.69, 9.17) is 0 Å². The first-order valence-electron chi connectivity index (χ1n) is 14.4. The molecule has 10 heteroatoms. The van der Waals surface area contributed by atoms with Gasteiger partial charge in [0.15, 0.2) is 5.82 Å². The van der Waals surface area contributed by atoms with Crippen molar-refractivity contribution in [3.05, 3.63) is 59.4 Å². The number of aliphatic hydroxyl groups is 1. The Kier molecular flexibility index (Phi) is 10.6. The molecular weight excluding hydrogens is 509 g/mol. The van der Waals surface area contributed by atoms with Gasteiger partial charge >= 0.3 is 6.03 Å². The minimum atomic E-state index is -0.722. The van der Waals surface area contributed by atoms with E-state index in [9.17, 15) is 14.3 Å². The molecular formula is C30H42FN7O2. The largest absolute Gasteiger partial charge is 0.390 e. The van der Waals surface area contributed by atoms with Gasteiger partial charge in [-0.15, -0.1) is 5.10 Å². The lowest BCUT2D eigenvalue weighted by molar-refractivity contribution is 0.0558. The third kappa shape index (κ3) is 8.32. The highest BCUT2D eigenvalue weighted by Gasteiger charge is 2.26. The van der Waals surface area contributed by atoms with E-state index >= 15 is 0 Å². The molecule has 3 aromatic rings. The summed E-state index contributed by atoms with van der Waals surface area (Å²) in [5.41, 5.74) is 3.62. The predicted octanol–water partition coefficient (Wildman–Crippen LogP) is 4.72. The fourth-order valence-corrected chi connectivity index (χ4v) is 5.45. The first-order chi connectivity index (χ1) is 19.3. The molecule has 40 heavy (non-hydrogen) atoms. The summed E-state index contributed by atoms with van der Waals surface area (Å²) < 4.78 is 14.8. The van der Waals surface area contributed by atoms with Crippen molar-refractivity contribution in [2.75, 3.05) is 18.4 Å². The van der Waals surface area contributed by atoms with Gasteiger partial charge in [-0.2, -0.15) is 0 Å². The summed E-state index contributed by atoms with van der Waals surface area (Å²) in [6, 6.07) is 12.1. The maximum absolute atomic E-state index is 13.3. The minimum absolute atomic E-state index is 0.220. The first kappa shape index (κ1) is 29.6. The highest BCUT2D eigenvalue weighted by molar-refractivity contribution is 5.90. The number of halogens is 1. The van der Waals surface area contributed by atoms with Gasteiger partial charge < -0.3 is 15.7 Å². The van der Waals surface area contributed by atoms with E-state index in [-0.39, 0.29) is 11.8 Å². The Hall–Kier alpha value is -3.37. The van der Waals surface area contributed by atoms with E-state index in [2.05, 4.69) is 31.1 Å². The van der Waals surface area contributed by atoms with Crippen LogP contribution in [-0.4, -0.2) is 67.5 Å². The topological polar surface area (TPSA) is 108 Å². The van der Waals surface area contributed by atoms with Crippen LogP contribution in [0.1, 0.15) is 63.5 Å². The van der Waals surface area contributed by atoms with Gasteiger partial charge in [-0.25, -0.2) is 13.9 Å². The number of anilines is 1. The van der Waals surface area contributed by atoms with Gasteiger partial charge in [-0.3, -0.25) is 4.90 Å². The summed E-state index contributed by atoms with van der Waals surface area (Å²) in [5, 5.41) is 28.6. The number of hydrogen-bond acceptors (Lipinski definition) is 6. The highest BCUT2D eigenvalue weighted by Crippen LogP contribution is 2.25. The van der Waals surface area contributed by atoms with Gasteiger partial charge in [0.05, 0.1) is 12.1 Å². The average molecular weight is 552 g/mol.